The van der Waals surface area contributed by atoms with Gasteiger partial charge in [-0.15, -0.1) is 0 Å². The Morgan fingerprint density at radius 3 is 1.49 bits per heavy atom. The summed E-state index contributed by atoms with van der Waals surface area (Å²) >= 11 is 0. The van der Waals surface area contributed by atoms with Crippen LogP contribution in [0.3, 0.4) is 0 Å². The highest BCUT2D eigenvalue weighted by molar-refractivity contribution is 6.41. The van der Waals surface area contributed by atoms with E-state index in [1.165, 1.54) is 6.92 Å². The molecular formula is C34H60N6O13. The maximum atomic E-state index is 12.8. The van der Waals surface area contributed by atoms with Crippen molar-refractivity contribution in [1.82, 2.24) is 5.32 Å². The number of ketones is 1. The summed E-state index contributed by atoms with van der Waals surface area (Å²) in [5, 5.41) is 5.93. The van der Waals surface area contributed by atoms with Crippen molar-refractivity contribution in [3.8, 4) is 0 Å². The van der Waals surface area contributed by atoms with E-state index in [2.05, 4.69) is 25.3 Å². The molecule has 0 unspecified atom stereocenters. The first kappa shape index (κ1) is 49.4. The molecule has 0 fully saturated rings. The second-order valence-electron chi connectivity index (χ2n) is 11.5. The first-order chi connectivity index (χ1) is 25.4. The first-order valence-electron chi connectivity index (χ1n) is 17.7. The fourth-order valence-corrected chi connectivity index (χ4v) is 3.89. The molecule has 0 aliphatic carbocycles. The number of hydrogen-bond acceptors (Lipinski definition) is 16. The van der Waals surface area contributed by atoms with Crippen molar-refractivity contribution >= 4 is 35.1 Å². The Hall–Kier alpha value is -3.55. The lowest BCUT2D eigenvalue weighted by Crippen LogP contribution is -2.43. The molecule has 0 saturated heterocycles. The topological polar surface area (TPSA) is 237 Å². The number of azide groups is 1. The van der Waals surface area contributed by atoms with Crippen LogP contribution in [0.15, 0.2) is 15.1 Å². The number of Topliss-reactive ketones (excluding diaryl/α,β-unsaturated/α-hetero) is 1. The second-order valence-corrected chi connectivity index (χ2v) is 11.5. The van der Waals surface area contributed by atoms with Crippen molar-refractivity contribution in [1.29, 1.82) is 0 Å². The highest BCUT2D eigenvalue weighted by Crippen LogP contribution is 2.10. The lowest BCUT2D eigenvalue weighted by molar-refractivity contribution is -0.151. The van der Waals surface area contributed by atoms with Crippen molar-refractivity contribution in [2.24, 2.45) is 21.0 Å². The quantitative estimate of drug-likeness (QED) is 0.0247. The Bertz CT molecular complexity index is 1150. The van der Waals surface area contributed by atoms with Crippen LogP contribution in [-0.2, 0) is 61.8 Å². The maximum absolute atomic E-state index is 12.8. The molecule has 0 aromatic carbocycles. The summed E-state index contributed by atoms with van der Waals surface area (Å²) in [5.74, 6) is -2.55. The van der Waals surface area contributed by atoms with E-state index in [4.69, 9.17) is 48.2 Å². The molecule has 0 aliphatic rings. The van der Waals surface area contributed by atoms with Crippen molar-refractivity contribution in [3.05, 3.63) is 10.4 Å². The summed E-state index contributed by atoms with van der Waals surface area (Å²) in [7, 11) is 1.61. The lowest BCUT2D eigenvalue weighted by atomic mass is 10.0. The Labute approximate surface area is 312 Å². The molecule has 19 heteroatoms. The third-order valence-electron chi connectivity index (χ3n) is 7.03. The van der Waals surface area contributed by atoms with Crippen LogP contribution in [0.5, 0.6) is 0 Å². The molecule has 0 spiro atoms. The predicted octanol–water partition coefficient (Wildman–Crippen LogP) is 1.93. The number of nitrogens with zero attached hydrogens (tertiary/aromatic N) is 5. The van der Waals surface area contributed by atoms with E-state index in [-0.39, 0.29) is 45.2 Å². The normalized spacial score (nSPS) is 14.1. The zero-order valence-corrected chi connectivity index (χ0v) is 32.4. The van der Waals surface area contributed by atoms with Gasteiger partial charge in [0.2, 0.25) is 5.91 Å². The van der Waals surface area contributed by atoms with Crippen LogP contribution in [-0.4, -0.2) is 166 Å². The van der Waals surface area contributed by atoms with E-state index in [0.717, 1.165) is 0 Å². The Balaban J connectivity index is 4.33. The standard InChI is InChI=1S/C34H60N6O13/c1-25(33(43)52-22-20-50-18-17-49-15-14-47-11-10-45-7)24-31(41)28(4)37-26(2)27(3)38-29(5)32(42)39-30(6)34(44)53-23-21-51-19-16-48-13-12-46-9-8-36-40-35/h25,28-30H,8-24H2,1-7H3,(H,39,42)/t25-,28-,29-,30+/m1/s1. The minimum absolute atomic E-state index is 0.000115. The number of aliphatic imine (C=N–C) groups is 2. The number of carbonyl (C=O) groups excluding carboxylic acids is 4. The minimum Gasteiger partial charge on any atom is -0.463 e. The Morgan fingerprint density at radius 2 is 1.02 bits per heavy atom. The number of rotatable bonds is 34. The summed E-state index contributed by atoms with van der Waals surface area (Å²) in [5.41, 5.74) is 9.07. The van der Waals surface area contributed by atoms with Crippen molar-refractivity contribution in [2.75, 3.05) is 113 Å². The van der Waals surface area contributed by atoms with Gasteiger partial charge in [0.25, 0.3) is 0 Å². The van der Waals surface area contributed by atoms with Crippen LogP contribution < -0.4 is 5.32 Å². The third-order valence-corrected chi connectivity index (χ3v) is 7.03. The molecule has 1 N–H and O–H groups in total. The molecule has 19 nitrogen and oxygen atoms in total. The van der Waals surface area contributed by atoms with Gasteiger partial charge in [-0.2, -0.15) is 0 Å². The fourth-order valence-electron chi connectivity index (χ4n) is 3.89. The van der Waals surface area contributed by atoms with Gasteiger partial charge in [-0.05, 0) is 40.1 Å². The highest BCUT2D eigenvalue weighted by atomic mass is 16.6. The third kappa shape index (κ3) is 27.7. The second kappa shape index (κ2) is 33.1. The van der Waals surface area contributed by atoms with E-state index >= 15 is 0 Å². The van der Waals surface area contributed by atoms with Crippen molar-refractivity contribution in [3.63, 3.8) is 0 Å². The van der Waals surface area contributed by atoms with Gasteiger partial charge in [-0.1, -0.05) is 12.0 Å². The SMILES string of the molecule is COCCOCCOCCOCCOC(=O)[C@H](C)CC(=O)[C@@H](C)N=C(C)C(C)=N[C@H](C)C(=O)N[C@@H](C)C(=O)OCCOCCOCCOCCN=[N+]=[N-]. The van der Waals surface area contributed by atoms with E-state index in [1.807, 2.05) is 0 Å². The number of amides is 1. The summed E-state index contributed by atoms with van der Waals surface area (Å²) in [6.45, 7) is 14.7. The summed E-state index contributed by atoms with van der Waals surface area (Å²) in [6.07, 6.45) is -0.0551. The number of methoxy groups -OCH3 is 1. The summed E-state index contributed by atoms with van der Waals surface area (Å²) in [6, 6.07) is -2.52. The molecule has 0 aliphatic heterocycles. The minimum atomic E-state index is -0.918. The van der Waals surface area contributed by atoms with Crippen LogP contribution >= 0.6 is 0 Å². The van der Waals surface area contributed by atoms with Crippen molar-refractivity contribution in [2.45, 2.75) is 66.1 Å². The van der Waals surface area contributed by atoms with Crippen LogP contribution in [0.2, 0.25) is 0 Å². The molecule has 0 heterocycles. The maximum Gasteiger partial charge on any atom is 0.328 e. The van der Waals surface area contributed by atoms with Crippen molar-refractivity contribution < 1.29 is 61.8 Å². The number of nitrogens with one attached hydrogen (secondary N) is 1. The largest absolute Gasteiger partial charge is 0.463 e. The Kier molecular flexibility index (Phi) is 30.8. The Morgan fingerprint density at radius 1 is 0.604 bits per heavy atom. The number of carbonyl (C=O) groups is 4. The van der Waals surface area contributed by atoms with Gasteiger partial charge in [0.1, 0.15) is 31.3 Å². The van der Waals surface area contributed by atoms with Crippen LogP contribution in [0, 0.1) is 5.92 Å². The first-order valence-corrected chi connectivity index (χ1v) is 17.7. The molecule has 0 bridgehead atoms. The molecule has 0 radical (unpaired) electrons. The summed E-state index contributed by atoms with van der Waals surface area (Å²) in [4.78, 5) is 61.5. The fraction of sp³-hybridized carbons (Fsp3) is 0.824. The van der Waals surface area contributed by atoms with E-state index < -0.39 is 41.9 Å². The predicted molar refractivity (Wildman–Crippen MR) is 194 cm³/mol. The molecule has 0 aromatic rings. The molecule has 4 atom stereocenters. The van der Waals surface area contributed by atoms with Gasteiger partial charge in [-0.25, -0.2) is 4.79 Å². The van der Waals surface area contributed by atoms with Gasteiger partial charge >= 0.3 is 11.9 Å². The smallest absolute Gasteiger partial charge is 0.328 e. The zero-order valence-electron chi connectivity index (χ0n) is 32.4. The van der Waals surface area contributed by atoms with Gasteiger partial charge in [0, 0.05) is 25.0 Å². The van der Waals surface area contributed by atoms with E-state index in [9.17, 15) is 19.2 Å². The molecule has 53 heavy (non-hydrogen) atoms. The van der Waals surface area contributed by atoms with Crippen LogP contribution in [0.1, 0.15) is 48.0 Å². The van der Waals surface area contributed by atoms with Gasteiger partial charge in [0.05, 0.1) is 103 Å². The average molecular weight is 761 g/mol. The molecule has 0 rings (SSSR count). The molecular weight excluding hydrogens is 700 g/mol. The van der Waals surface area contributed by atoms with E-state index in [0.29, 0.717) is 84.1 Å². The van der Waals surface area contributed by atoms with E-state index in [1.54, 1.807) is 41.7 Å². The lowest BCUT2D eigenvalue weighted by Gasteiger charge is -2.16. The number of esters is 2. The zero-order chi connectivity index (χ0) is 39.7. The highest BCUT2D eigenvalue weighted by Gasteiger charge is 2.23. The van der Waals surface area contributed by atoms with Gasteiger partial charge < -0.3 is 47.9 Å². The number of hydrogen-bond donors (Lipinski definition) is 1. The molecule has 1 amide bonds. The van der Waals surface area contributed by atoms with Crippen LogP contribution in [0.25, 0.3) is 10.4 Å². The molecule has 0 saturated carbocycles. The van der Waals surface area contributed by atoms with Gasteiger partial charge in [-0.3, -0.25) is 24.4 Å². The van der Waals surface area contributed by atoms with Gasteiger partial charge in [0.15, 0.2) is 5.78 Å². The average Bonchev–Trinajstić information content (AvgIpc) is 3.13. The monoisotopic (exact) mass is 760 g/mol. The molecule has 0 aromatic heterocycles. The van der Waals surface area contributed by atoms with Crippen LogP contribution in [0.4, 0.5) is 0 Å². The molecule has 304 valence electrons. The summed E-state index contributed by atoms with van der Waals surface area (Å²) < 4.78 is 47.2. The number of ether oxygens (including phenoxy) is 9.